The maximum Gasteiger partial charge on any atom is 0.230 e. The molecule has 0 fully saturated rings. The number of nitrogens with one attached hydrogen (secondary N) is 1. The van der Waals surface area contributed by atoms with Gasteiger partial charge in [0.1, 0.15) is 10.8 Å². The molecule has 1 aromatic heterocycles. The van der Waals surface area contributed by atoms with E-state index in [4.69, 9.17) is 0 Å². The number of carbonyl (C=O) groups is 1. The van der Waals surface area contributed by atoms with Gasteiger partial charge in [0, 0.05) is 17.8 Å². The third kappa shape index (κ3) is 5.62. The van der Waals surface area contributed by atoms with Crippen LogP contribution in [-0.4, -0.2) is 21.6 Å². The molecule has 27 heavy (non-hydrogen) atoms. The number of aromatic nitrogens is 2. The Morgan fingerprint density at radius 1 is 1.07 bits per heavy atom. The van der Waals surface area contributed by atoms with Gasteiger partial charge in [-0.2, -0.15) is 0 Å². The first kappa shape index (κ1) is 19.0. The monoisotopic (exact) mass is 381 g/mol. The van der Waals surface area contributed by atoms with Crippen molar-refractivity contribution in [2.45, 2.75) is 25.4 Å². The molecule has 3 aromatic rings. The molecule has 2 aromatic carbocycles. The van der Waals surface area contributed by atoms with E-state index in [0.717, 1.165) is 11.3 Å². The third-order valence-electron chi connectivity index (χ3n) is 3.87. The number of hydrogen-bond donors (Lipinski definition) is 1. The number of amides is 1. The standard InChI is InChI=1S/C21H20FN3OS/c1-14-6-8-16(9-7-14)12-23-19(26)13-27-20-10-15(2)24-21(25-20)17-4-3-5-18(22)11-17/h3-11H,12-13H2,1-2H3,(H,23,26). The van der Waals surface area contributed by atoms with Crippen LogP contribution < -0.4 is 5.32 Å². The topological polar surface area (TPSA) is 54.9 Å². The first-order chi connectivity index (χ1) is 13.0. The number of nitrogens with zero attached hydrogens (tertiary/aromatic N) is 2. The predicted octanol–water partition coefficient (Wildman–Crippen LogP) is 4.31. The fourth-order valence-corrected chi connectivity index (χ4v) is 3.25. The zero-order valence-corrected chi connectivity index (χ0v) is 16.0. The lowest BCUT2D eigenvalue weighted by Crippen LogP contribution is -2.24. The summed E-state index contributed by atoms with van der Waals surface area (Å²) in [6.07, 6.45) is 0. The number of aryl methyl sites for hydroxylation is 2. The third-order valence-corrected chi connectivity index (χ3v) is 4.79. The number of rotatable bonds is 6. The van der Waals surface area contributed by atoms with E-state index in [-0.39, 0.29) is 17.5 Å². The second-order valence-corrected chi connectivity index (χ2v) is 7.23. The number of halogens is 1. The first-order valence-electron chi connectivity index (χ1n) is 8.56. The molecular formula is C21H20FN3OS. The molecule has 3 rings (SSSR count). The quantitative estimate of drug-likeness (QED) is 0.511. The normalized spacial score (nSPS) is 10.6. The molecule has 138 valence electrons. The average molecular weight is 381 g/mol. The molecule has 0 saturated carbocycles. The molecule has 0 radical (unpaired) electrons. The van der Waals surface area contributed by atoms with Crippen LogP contribution in [-0.2, 0) is 11.3 Å². The summed E-state index contributed by atoms with van der Waals surface area (Å²) in [5.41, 5.74) is 3.63. The van der Waals surface area contributed by atoms with Crippen molar-refractivity contribution in [2.75, 3.05) is 5.75 Å². The van der Waals surface area contributed by atoms with Gasteiger partial charge in [0.15, 0.2) is 5.82 Å². The Hall–Kier alpha value is -2.73. The van der Waals surface area contributed by atoms with Crippen LogP contribution in [0.3, 0.4) is 0 Å². The van der Waals surface area contributed by atoms with Gasteiger partial charge in [0.05, 0.1) is 5.75 Å². The number of thioether (sulfide) groups is 1. The highest BCUT2D eigenvalue weighted by molar-refractivity contribution is 7.99. The number of carbonyl (C=O) groups excluding carboxylic acids is 1. The van der Waals surface area contributed by atoms with Crippen LogP contribution in [0.15, 0.2) is 59.6 Å². The van der Waals surface area contributed by atoms with E-state index in [0.29, 0.717) is 23.0 Å². The summed E-state index contributed by atoms with van der Waals surface area (Å²) in [6, 6.07) is 16.0. The van der Waals surface area contributed by atoms with E-state index >= 15 is 0 Å². The summed E-state index contributed by atoms with van der Waals surface area (Å²) < 4.78 is 13.4. The summed E-state index contributed by atoms with van der Waals surface area (Å²) in [4.78, 5) is 20.9. The van der Waals surface area contributed by atoms with Crippen molar-refractivity contribution >= 4 is 17.7 Å². The molecule has 1 heterocycles. The molecule has 0 spiro atoms. The molecule has 0 atom stereocenters. The molecule has 0 aliphatic rings. The summed E-state index contributed by atoms with van der Waals surface area (Å²) in [5.74, 6) is 0.314. The summed E-state index contributed by atoms with van der Waals surface area (Å²) in [6.45, 7) is 4.38. The molecular weight excluding hydrogens is 361 g/mol. The first-order valence-corrected chi connectivity index (χ1v) is 9.55. The van der Waals surface area contributed by atoms with Crippen LogP contribution in [0.1, 0.15) is 16.8 Å². The Labute approximate surface area is 162 Å². The maximum absolute atomic E-state index is 13.4. The van der Waals surface area contributed by atoms with Gasteiger partial charge in [-0.1, -0.05) is 53.7 Å². The highest BCUT2D eigenvalue weighted by atomic mass is 32.2. The van der Waals surface area contributed by atoms with Gasteiger partial charge in [-0.25, -0.2) is 14.4 Å². The lowest BCUT2D eigenvalue weighted by Gasteiger charge is -2.07. The highest BCUT2D eigenvalue weighted by Crippen LogP contribution is 2.22. The van der Waals surface area contributed by atoms with Crippen molar-refractivity contribution in [2.24, 2.45) is 0 Å². The molecule has 0 unspecified atom stereocenters. The smallest absolute Gasteiger partial charge is 0.230 e. The number of benzene rings is 2. The summed E-state index contributed by atoms with van der Waals surface area (Å²) in [7, 11) is 0. The minimum Gasteiger partial charge on any atom is -0.351 e. The largest absolute Gasteiger partial charge is 0.351 e. The Morgan fingerprint density at radius 2 is 1.85 bits per heavy atom. The van der Waals surface area contributed by atoms with Gasteiger partial charge in [0.25, 0.3) is 0 Å². The van der Waals surface area contributed by atoms with Crippen LogP contribution in [0.5, 0.6) is 0 Å². The molecule has 4 nitrogen and oxygen atoms in total. The van der Waals surface area contributed by atoms with Crippen LogP contribution >= 0.6 is 11.8 Å². The van der Waals surface area contributed by atoms with E-state index in [1.165, 1.54) is 29.5 Å². The summed E-state index contributed by atoms with van der Waals surface area (Å²) >= 11 is 1.34. The molecule has 6 heteroatoms. The lowest BCUT2D eigenvalue weighted by atomic mass is 10.1. The van der Waals surface area contributed by atoms with Crippen LogP contribution in [0.4, 0.5) is 4.39 Å². The van der Waals surface area contributed by atoms with Gasteiger partial charge in [-0.15, -0.1) is 0 Å². The van der Waals surface area contributed by atoms with Crippen LogP contribution in [0.2, 0.25) is 0 Å². The van der Waals surface area contributed by atoms with E-state index in [2.05, 4.69) is 15.3 Å². The van der Waals surface area contributed by atoms with E-state index in [1.807, 2.05) is 44.2 Å². The van der Waals surface area contributed by atoms with E-state index in [1.54, 1.807) is 12.1 Å². The Kier molecular flexibility index (Phi) is 6.19. The van der Waals surface area contributed by atoms with E-state index < -0.39 is 0 Å². The SMILES string of the molecule is Cc1ccc(CNC(=O)CSc2cc(C)nc(-c3cccc(F)c3)n2)cc1. The predicted molar refractivity (Wildman–Crippen MR) is 106 cm³/mol. The molecule has 0 bridgehead atoms. The van der Waals surface area contributed by atoms with Gasteiger partial charge < -0.3 is 5.32 Å². The Morgan fingerprint density at radius 3 is 2.59 bits per heavy atom. The van der Waals surface area contributed by atoms with E-state index in [9.17, 15) is 9.18 Å². The Balaban J connectivity index is 1.60. The van der Waals surface area contributed by atoms with Crippen LogP contribution in [0, 0.1) is 19.7 Å². The molecule has 0 saturated heterocycles. The van der Waals surface area contributed by atoms with Crippen molar-refractivity contribution in [1.29, 1.82) is 0 Å². The molecule has 1 amide bonds. The zero-order valence-electron chi connectivity index (χ0n) is 15.2. The highest BCUT2D eigenvalue weighted by Gasteiger charge is 2.09. The van der Waals surface area contributed by atoms with Gasteiger partial charge in [0.2, 0.25) is 5.91 Å². The summed E-state index contributed by atoms with van der Waals surface area (Å²) in [5, 5.41) is 3.59. The number of hydrogen-bond acceptors (Lipinski definition) is 4. The molecule has 0 aliphatic carbocycles. The van der Waals surface area contributed by atoms with Gasteiger partial charge in [-0.3, -0.25) is 4.79 Å². The Bertz CT molecular complexity index is 944. The van der Waals surface area contributed by atoms with Crippen molar-refractivity contribution in [3.63, 3.8) is 0 Å². The van der Waals surface area contributed by atoms with Crippen molar-refractivity contribution in [3.8, 4) is 11.4 Å². The fraction of sp³-hybridized carbons (Fsp3) is 0.190. The van der Waals surface area contributed by atoms with Crippen LogP contribution in [0.25, 0.3) is 11.4 Å². The maximum atomic E-state index is 13.4. The van der Waals surface area contributed by atoms with Crippen molar-refractivity contribution in [3.05, 3.63) is 77.2 Å². The molecule has 0 aliphatic heterocycles. The minimum absolute atomic E-state index is 0.0656. The van der Waals surface area contributed by atoms with Crippen molar-refractivity contribution in [1.82, 2.24) is 15.3 Å². The van der Waals surface area contributed by atoms with Crippen molar-refractivity contribution < 1.29 is 9.18 Å². The fourth-order valence-electron chi connectivity index (χ4n) is 2.47. The zero-order chi connectivity index (χ0) is 19.2. The van der Waals surface area contributed by atoms with Gasteiger partial charge in [-0.05, 0) is 37.6 Å². The second-order valence-electron chi connectivity index (χ2n) is 6.23. The van der Waals surface area contributed by atoms with Gasteiger partial charge >= 0.3 is 0 Å². The lowest BCUT2D eigenvalue weighted by molar-refractivity contribution is -0.118. The second kappa shape index (κ2) is 8.77. The minimum atomic E-state index is -0.331. The average Bonchev–Trinajstić information content (AvgIpc) is 2.65. The molecule has 1 N–H and O–H groups in total.